The number of amides is 1. The number of carbonyl (C=O) groups excluding carboxylic acids is 1. The lowest BCUT2D eigenvalue weighted by molar-refractivity contribution is -0.123. The number of guanidine groups is 1. The molecule has 1 aliphatic rings. The van der Waals surface area contributed by atoms with Gasteiger partial charge in [0.05, 0.1) is 26.3 Å². The Bertz CT molecular complexity index is 655. The third kappa shape index (κ3) is 7.55. The summed E-state index contributed by atoms with van der Waals surface area (Å²) in [5.74, 6) is 1.63. The lowest BCUT2D eigenvalue weighted by atomic mass is 10.1. The second-order valence-corrected chi connectivity index (χ2v) is 7.47. The predicted octanol–water partition coefficient (Wildman–Crippen LogP) is 0.836. The fourth-order valence-electron chi connectivity index (χ4n) is 3.22. The lowest BCUT2D eigenvalue weighted by Gasteiger charge is -2.36. The number of nitrogens with zero attached hydrogens (tertiary/aromatic N) is 3. The third-order valence-corrected chi connectivity index (χ3v) is 4.74. The molecule has 1 aromatic rings. The van der Waals surface area contributed by atoms with Crippen LogP contribution in [0.15, 0.2) is 29.3 Å². The Morgan fingerprint density at radius 3 is 2.41 bits per heavy atom. The van der Waals surface area contributed by atoms with Crippen LogP contribution in [0.1, 0.15) is 32.4 Å². The van der Waals surface area contributed by atoms with Gasteiger partial charge in [-0.25, -0.2) is 0 Å². The van der Waals surface area contributed by atoms with Gasteiger partial charge < -0.3 is 25.4 Å². The van der Waals surface area contributed by atoms with E-state index in [-0.39, 0.29) is 18.5 Å². The van der Waals surface area contributed by atoms with Gasteiger partial charge in [0, 0.05) is 38.8 Å². The molecule has 1 unspecified atom stereocenters. The lowest BCUT2D eigenvalue weighted by Crippen LogP contribution is -2.54. The Hall–Kier alpha value is -2.32. The van der Waals surface area contributed by atoms with Gasteiger partial charge in [-0.15, -0.1) is 0 Å². The van der Waals surface area contributed by atoms with Gasteiger partial charge in [0.25, 0.3) is 0 Å². The van der Waals surface area contributed by atoms with Crippen LogP contribution >= 0.6 is 0 Å². The minimum atomic E-state index is -0.671. The molecule has 0 radical (unpaired) electrons. The minimum absolute atomic E-state index is 0.0663. The molecule has 1 saturated heterocycles. The highest BCUT2D eigenvalue weighted by Gasteiger charge is 2.21. The summed E-state index contributed by atoms with van der Waals surface area (Å²) in [5, 5.41) is 16.7. The minimum Gasteiger partial charge on any atom is -0.497 e. The van der Waals surface area contributed by atoms with Crippen molar-refractivity contribution in [3.8, 4) is 5.75 Å². The van der Waals surface area contributed by atoms with Gasteiger partial charge in [0.15, 0.2) is 5.96 Å². The van der Waals surface area contributed by atoms with Crippen LogP contribution in [0.2, 0.25) is 0 Å². The summed E-state index contributed by atoms with van der Waals surface area (Å²) in [4.78, 5) is 20.9. The molecule has 2 rings (SSSR count). The zero-order valence-corrected chi connectivity index (χ0v) is 18.0. The first kappa shape index (κ1) is 23.0. The van der Waals surface area contributed by atoms with Crippen LogP contribution in [-0.4, -0.2) is 85.7 Å². The summed E-state index contributed by atoms with van der Waals surface area (Å²) in [5.41, 5.74) is 0.811. The number of hydrogen-bond donors (Lipinski definition) is 3. The monoisotopic (exact) mass is 405 g/mol. The number of methoxy groups -OCH3 is 1. The Kier molecular flexibility index (Phi) is 9.21. The maximum absolute atomic E-state index is 12.0. The summed E-state index contributed by atoms with van der Waals surface area (Å²) in [6.45, 7) is 10.6. The standard InChI is InChI=1S/C21H35N5O3/c1-5-22-21(23-14-19(27)17-6-8-18(29-4)9-7-17)26-12-10-25(11-13-26)15-20(28)24-16(2)3/h6-9,16,19,27H,5,10-15H2,1-4H3,(H,22,23)(H,24,28). The summed E-state index contributed by atoms with van der Waals surface area (Å²) < 4.78 is 5.15. The van der Waals surface area contributed by atoms with Crippen LogP contribution in [0, 0.1) is 0 Å². The zero-order chi connectivity index (χ0) is 21.2. The average Bonchev–Trinajstić information content (AvgIpc) is 2.71. The number of rotatable bonds is 8. The van der Waals surface area contributed by atoms with Crippen molar-refractivity contribution in [1.82, 2.24) is 20.4 Å². The molecule has 29 heavy (non-hydrogen) atoms. The molecule has 1 fully saturated rings. The van der Waals surface area contributed by atoms with Gasteiger partial charge in [0.2, 0.25) is 5.91 Å². The van der Waals surface area contributed by atoms with E-state index >= 15 is 0 Å². The van der Waals surface area contributed by atoms with E-state index < -0.39 is 6.10 Å². The average molecular weight is 406 g/mol. The van der Waals surface area contributed by atoms with Crippen LogP contribution in [0.3, 0.4) is 0 Å². The summed E-state index contributed by atoms with van der Waals surface area (Å²) >= 11 is 0. The molecule has 0 aliphatic carbocycles. The quantitative estimate of drug-likeness (QED) is 0.439. The Labute approximate surface area is 173 Å². The fourth-order valence-corrected chi connectivity index (χ4v) is 3.22. The summed E-state index contributed by atoms with van der Waals surface area (Å²) in [7, 11) is 1.62. The Morgan fingerprint density at radius 2 is 1.86 bits per heavy atom. The zero-order valence-electron chi connectivity index (χ0n) is 18.0. The van der Waals surface area contributed by atoms with E-state index in [4.69, 9.17) is 4.74 Å². The second kappa shape index (κ2) is 11.6. The predicted molar refractivity (Wildman–Crippen MR) is 115 cm³/mol. The number of aliphatic imine (C=N–C) groups is 1. The van der Waals surface area contributed by atoms with Crippen molar-refractivity contribution < 1.29 is 14.6 Å². The topological polar surface area (TPSA) is 89.4 Å². The van der Waals surface area contributed by atoms with Gasteiger partial charge in [-0.1, -0.05) is 12.1 Å². The van der Waals surface area contributed by atoms with Gasteiger partial charge in [-0.05, 0) is 38.5 Å². The smallest absolute Gasteiger partial charge is 0.234 e. The maximum atomic E-state index is 12.0. The number of ether oxygens (including phenoxy) is 1. The Balaban J connectivity index is 1.89. The van der Waals surface area contributed by atoms with Crippen molar-refractivity contribution >= 4 is 11.9 Å². The van der Waals surface area contributed by atoms with Crippen molar-refractivity contribution in [3.05, 3.63) is 29.8 Å². The number of aliphatic hydroxyl groups is 1. The molecule has 1 heterocycles. The number of aliphatic hydroxyl groups excluding tert-OH is 1. The number of carbonyl (C=O) groups is 1. The fraction of sp³-hybridized carbons (Fsp3) is 0.619. The normalized spacial score (nSPS) is 16.6. The van der Waals surface area contributed by atoms with Crippen LogP contribution in [0.5, 0.6) is 5.75 Å². The number of benzene rings is 1. The third-order valence-electron chi connectivity index (χ3n) is 4.74. The first-order valence-electron chi connectivity index (χ1n) is 10.3. The molecule has 1 amide bonds. The van der Waals surface area contributed by atoms with Crippen molar-refractivity contribution in [3.63, 3.8) is 0 Å². The molecular formula is C21H35N5O3. The SMILES string of the molecule is CCNC(=NCC(O)c1ccc(OC)cc1)N1CCN(CC(=O)NC(C)C)CC1. The molecule has 0 bridgehead atoms. The number of nitrogens with one attached hydrogen (secondary N) is 2. The van der Waals surface area contributed by atoms with E-state index in [1.54, 1.807) is 7.11 Å². The molecule has 8 nitrogen and oxygen atoms in total. The molecule has 1 aromatic carbocycles. The molecule has 8 heteroatoms. The molecule has 1 aliphatic heterocycles. The molecule has 162 valence electrons. The van der Waals surface area contributed by atoms with Crippen LogP contribution in [0.4, 0.5) is 0 Å². The van der Waals surface area contributed by atoms with Gasteiger partial charge in [0.1, 0.15) is 5.75 Å². The molecule has 0 spiro atoms. The van der Waals surface area contributed by atoms with Crippen LogP contribution < -0.4 is 15.4 Å². The summed E-state index contributed by atoms with van der Waals surface area (Å²) in [6.07, 6.45) is -0.671. The van der Waals surface area contributed by atoms with Crippen molar-refractivity contribution in [2.75, 3.05) is 52.9 Å². The van der Waals surface area contributed by atoms with Crippen LogP contribution in [0.25, 0.3) is 0 Å². The maximum Gasteiger partial charge on any atom is 0.234 e. The number of hydrogen-bond acceptors (Lipinski definition) is 5. The number of piperazine rings is 1. The molecular weight excluding hydrogens is 370 g/mol. The van der Waals surface area contributed by atoms with E-state index in [1.165, 1.54) is 0 Å². The van der Waals surface area contributed by atoms with Crippen LogP contribution in [-0.2, 0) is 4.79 Å². The van der Waals surface area contributed by atoms with E-state index in [1.807, 2.05) is 45.0 Å². The van der Waals surface area contributed by atoms with E-state index in [0.29, 0.717) is 6.54 Å². The van der Waals surface area contributed by atoms with Gasteiger partial charge >= 0.3 is 0 Å². The highest BCUT2D eigenvalue weighted by molar-refractivity contribution is 5.80. The van der Waals surface area contributed by atoms with Crippen molar-refractivity contribution in [2.45, 2.75) is 32.9 Å². The van der Waals surface area contributed by atoms with E-state index in [9.17, 15) is 9.90 Å². The Morgan fingerprint density at radius 1 is 1.21 bits per heavy atom. The molecule has 1 atom stereocenters. The molecule has 0 aromatic heterocycles. The van der Waals surface area contributed by atoms with E-state index in [0.717, 1.165) is 50.0 Å². The first-order chi connectivity index (χ1) is 13.9. The second-order valence-electron chi connectivity index (χ2n) is 7.47. The highest BCUT2D eigenvalue weighted by Crippen LogP contribution is 2.18. The first-order valence-corrected chi connectivity index (χ1v) is 10.3. The van der Waals surface area contributed by atoms with E-state index in [2.05, 4.69) is 25.4 Å². The summed E-state index contributed by atoms with van der Waals surface area (Å²) in [6, 6.07) is 7.54. The molecule has 0 saturated carbocycles. The van der Waals surface area contributed by atoms with Crippen molar-refractivity contribution in [2.24, 2.45) is 4.99 Å². The molecule has 3 N–H and O–H groups in total. The highest BCUT2D eigenvalue weighted by atomic mass is 16.5. The van der Waals surface area contributed by atoms with Gasteiger partial charge in [-0.3, -0.25) is 14.7 Å². The van der Waals surface area contributed by atoms with Gasteiger partial charge in [-0.2, -0.15) is 0 Å². The largest absolute Gasteiger partial charge is 0.497 e. The van der Waals surface area contributed by atoms with Crippen molar-refractivity contribution in [1.29, 1.82) is 0 Å².